The summed E-state index contributed by atoms with van der Waals surface area (Å²) < 4.78 is 12.5. The number of aliphatic imine (C=N–C) groups is 1. The van der Waals surface area contributed by atoms with E-state index in [0.29, 0.717) is 54.3 Å². The molecule has 3 saturated carbocycles. The van der Waals surface area contributed by atoms with Crippen molar-refractivity contribution in [3.8, 4) is 11.5 Å². The highest BCUT2D eigenvalue weighted by Gasteiger charge is 2.57. The van der Waals surface area contributed by atoms with E-state index in [2.05, 4.69) is 58.9 Å². The molecule has 374 valence electrons. The van der Waals surface area contributed by atoms with Crippen molar-refractivity contribution in [2.75, 3.05) is 32.8 Å². The number of nitrogens with zero attached hydrogens (tertiary/aromatic N) is 2. The Labute approximate surface area is 414 Å². The van der Waals surface area contributed by atoms with Crippen LogP contribution in [0.4, 0.5) is 0 Å². The lowest BCUT2D eigenvalue weighted by Gasteiger charge is -2.37. The van der Waals surface area contributed by atoms with Gasteiger partial charge in [0.2, 0.25) is 0 Å². The number of aliphatic hydroxyl groups is 4. The number of hydrogen-bond donors (Lipinski definition) is 7. The summed E-state index contributed by atoms with van der Waals surface area (Å²) >= 11 is 0. The summed E-state index contributed by atoms with van der Waals surface area (Å²) in [7, 11) is 0. The van der Waals surface area contributed by atoms with E-state index in [1.54, 1.807) is 6.07 Å². The highest BCUT2D eigenvalue weighted by Crippen LogP contribution is 2.60. The zero-order valence-electron chi connectivity index (χ0n) is 41.2. The second-order valence-corrected chi connectivity index (χ2v) is 21.9. The zero-order chi connectivity index (χ0) is 48.4. The van der Waals surface area contributed by atoms with E-state index >= 15 is 0 Å². The largest absolute Gasteiger partial charge is 0.592 e. The number of unbranched alkanes of at least 4 members (excludes halogenated alkanes) is 3. The first-order valence-corrected chi connectivity index (χ1v) is 26.8. The second-order valence-electron chi connectivity index (χ2n) is 21.9. The second kappa shape index (κ2) is 21.6. The van der Waals surface area contributed by atoms with E-state index in [1.165, 1.54) is 55.7 Å². The lowest BCUT2D eigenvalue weighted by Crippen LogP contribution is -2.37. The predicted molar refractivity (Wildman–Crippen MR) is 276 cm³/mol. The third-order valence-electron chi connectivity index (χ3n) is 17.2. The van der Waals surface area contributed by atoms with Gasteiger partial charge in [0.05, 0.1) is 42.5 Å². The number of allylic oxidation sites excluding steroid dienone is 1. The lowest BCUT2D eigenvalue weighted by atomic mass is 9.66. The number of nitrogens with two attached hydrogens (primary N) is 1. The van der Waals surface area contributed by atoms with Crippen LogP contribution < -0.4 is 26.4 Å². The molecule has 10 rings (SSSR count). The molecule has 4 aliphatic carbocycles. The quantitative estimate of drug-likeness (QED) is 0.0414. The molecule has 0 radical (unpaired) electrons. The molecule has 7 aliphatic rings. The molecule has 70 heavy (non-hydrogen) atoms. The van der Waals surface area contributed by atoms with E-state index in [-0.39, 0.29) is 37.0 Å². The molecule has 3 aliphatic heterocycles. The fourth-order valence-electron chi connectivity index (χ4n) is 13.6. The van der Waals surface area contributed by atoms with Gasteiger partial charge in [0.15, 0.2) is 29.4 Å². The fourth-order valence-corrected chi connectivity index (χ4v) is 13.6. The number of hydrogen-bond acceptors (Lipinski definition) is 11. The minimum Gasteiger partial charge on any atom is -0.592 e. The predicted octanol–water partition coefficient (Wildman–Crippen LogP) is 7.80. The van der Waals surface area contributed by atoms with Crippen molar-refractivity contribution in [2.24, 2.45) is 44.8 Å². The lowest BCUT2D eigenvalue weighted by molar-refractivity contribution is 0.113. The number of phenolic OH excluding ortho intramolecular Hbond substituents is 1. The topological polar surface area (TPSA) is 182 Å². The average molecular weight is 953 g/mol. The number of aliphatic hydroxyl groups excluding tert-OH is 4. The summed E-state index contributed by atoms with van der Waals surface area (Å²) in [5.74, 6) is 3.68. The number of nitrogens with one attached hydrogen (secondary N) is 1. The van der Waals surface area contributed by atoms with Crippen molar-refractivity contribution in [1.82, 2.24) is 5.32 Å². The Bertz CT molecular complexity index is 2600. The molecule has 0 amide bonds. The Kier molecular flexibility index (Phi) is 15.1. The Morgan fingerprint density at radius 1 is 1.03 bits per heavy atom. The van der Waals surface area contributed by atoms with Gasteiger partial charge in [-0.25, -0.2) is 0 Å². The van der Waals surface area contributed by atoms with E-state index in [1.807, 2.05) is 25.1 Å². The van der Waals surface area contributed by atoms with Gasteiger partial charge in [0.1, 0.15) is 12.2 Å². The van der Waals surface area contributed by atoms with Gasteiger partial charge in [0.25, 0.3) is 0 Å². The number of rotatable bonds is 21. The summed E-state index contributed by atoms with van der Waals surface area (Å²) in [4.78, 5) is 9.72. The van der Waals surface area contributed by atoms with E-state index in [0.717, 1.165) is 115 Å². The molecule has 11 nitrogen and oxygen atoms in total. The molecule has 0 bridgehead atoms. The van der Waals surface area contributed by atoms with Crippen LogP contribution in [0.25, 0.3) is 22.9 Å². The van der Waals surface area contributed by atoms with E-state index in [4.69, 9.17) is 20.2 Å². The van der Waals surface area contributed by atoms with Gasteiger partial charge in [-0.3, -0.25) is 4.99 Å². The molecule has 1 unspecified atom stereocenters. The minimum absolute atomic E-state index is 0.00728. The Hall–Kier alpha value is -4.62. The monoisotopic (exact) mass is 953 g/mol. The first kappa shape index (κ1) is 49.0. The number of phenols is 1. The van der Waals surface area contributed by atoms with Gasteiger partial charge in [-0.15, -0.1) is 4.99 Å². The van der Waals surface area contributed by atoms with Crippen molar-refractivity contribution < 1.29 is 35.0 Å². The van der Waals surface area contributed by atoms with Crippen molar-refractivity contribution in [2.45, 2.75) is 147 Å². The number of fused-ring (bicyclic) bond motifs is 7. The van der Waals surface area contributed by atoms with E-state index in [9.17, 15) is 25.5 Å². The third-order valence-corrected chi connectivity index (χ3v) is 17.2. The summed E-state index contributed by atoms with van der Waals surface area (Å²) in [5, 5.41) is 62.1. The van der Waals surface area contributed by atoms with E-state index < -0.39 is 18.3 Å². The molecule has 0 aromatic heterocycles. The Balaban J connectivity index is 0.660. The number of aryl methyl sites for hydroxylation is 1. The summed E-state index contributed by atoms with van der Waals surface area (Å²) in [6.07, 6.45) is 26.3. The molecule has 11 heteroatoms. The van der Waals surface area contributed by atoms with Gasteiger partial charge in [-0.1, -0.05) is 93.6 Å². The van der Waals surface area contributed by atoms with Crippen LogP contribution in [0.2, 0.25) is 0 Å². The maximum absolute atomic E-state index is 11.5. The molecule has 3 fully saturated rings. The minimum atomic E-state index is -0.948. The summed E-state index contributed by atoms with van der Waals surface area (Å²) in [5.41, 5.74) is 12.4. The van der Waals surface area contributed by atoms with Gasteiger partial charge in [-0.05, 0) is 132 Å². The molecule has 3 aromatic rings. The van der Waals surface area contributed by atoms with Gasteiger partial charge in [-0.2, -0.15) is 12.0 Å². The molecular weight excluding hydrogens is 877 g/mol. The highest BCUT2D eigenvalue weighted by atomic mass is 16.5. The Morgan fingerprint density at radius 3 is 2.73 bits per heavy atom. The van der Waals surface area contributed by atoms with Crippen LogP contribution in [0, 0.1) is 41.0 Å². The molecular formula is C59H76N4O7. The number of ether oxygens (including phenoxy) is 2. The maximum atomic E-state index is 11.5. The molecule has 0 saturated heterocycles. The van der Waals surface area contributed by atoms with Crippen LogP contribution in [0.3, 0.4) is 0 Å². The summed E-state index contributed by atoms with van der Waals surface area (Å²) in [6, 6.07) is 14.5. The first-order chi connectivity index (χ1) is 34.1. The van der Waals surface area contributed by atoms with Crippen LogP contribution in [0.1, 0.15) is 132 Å². The third kappa shape index (κ3) is 10.5. The number of aromatic hydroxyl groups is 1. The van der Waals surface area contributed by atoms with Crippen molar-refractivity contribution in [3.63, 3.8) is 0 Å². The highest BCUT2D eigenvalue weighted by molar-refractivity contribution is 6.04. The molecule has 9 atom stereocenters. The van der Waals surface area contributed by atoms with Crippen molar-refractivity contribution in [1.29, 1.82) is 0 Å². The summed E-state index contributed by atoms with van der Waals surface area (Å²) in [6.45, 7) is 3.84. The van der Waals surface area contributed by atoms with Crippen molar-refractivity contribution in [3.05, 3.63) is 111 Å². The molecule has 3 heterocycles. The smallest absolute Gasteiger partial charge is 0.190 e. The van der Waals surface area contributed by atoms with Crippen LogP contribution in [-0.4, -0.2) is 88.4 Å². The first-order valence-electron chi connectivity index (χ1n) is 26.8. The standard InChI is InChI=1S/C59H76N4O7/c1-36(65)32-61-33-49-45-10-8-11-50(45)59(22-6-7-23-59)31-53-48(49)30-52(63-53)55(67)35-69-57-25-37(14-20-54(57)66)13-17-43-27-41(34-64)56(70-43)12-5-3-2-4-9-42(60)26-40-16-18-44-46(58(40)68)19-15-38-29-51-39(21-24-62-51)28-47(38)44/h14-16,18-21,25,27-30,36,40,42,45,49-50,55-56,58,61,64-68H,2-13,17,22-24,26,31-35,60H2,1H3/t36-,40+,42-,45-,49-,50-,55-,56?,58+/m0/s1. The van der Waals surface area contributed by atoms with Crippen LogP contribution >= 0.6 is 0 Å². The average Bonchev–Trinajstić information content (AvgIpc) is 4.22. The van der Waals surface area contributed by atoms with Crippen molar-refractivity contribution >= 4 is 28.6 Å². The van der Waals surface area contributed by atoms with Crippen LogP contribution in [0.5, 0.6) is 11.5 Å². The number of benzene rings is 3. The molecule has 3 aromatic carbocycles. The Morgan fingerprint density at radius 2 is 1.89 bits per heavy atom. The van der Waals surface area contributed by atoms with Gasteiger partial charge >= 0.3 is 0 Å². The molecule has 8 N–H and O–H groups in total. The van der Waals surface area contributed by atoms with Gasteiger partial charge in [0, 0.05) is 37.8 Å². The van der Waals surface area contributed by atoms with Crippen LogP contribution in [-0.2, 0) is 11.2 Å². The van der Waals surface area contributed by atoms with Crippen LogP contribution in [0.15, 0.2) is 82.0 Å². The maximum Gasteiger partial charge on any atom is 0.190 e. The fraction of sp³-hybridized carbons (Fsp3) is 0.559. The molecule has 1 spiro atoms. The van der Waals surface area contributed by atoms with Gasteiger partial charge < -0.3 is 46.1 Å². The SMILES string of the molecule is C[C@H](O)CNC[C@@H]1C2=C[C+]([C@@H](O)COc3cc(CCC4=C[C-](CO)C(CCCCCC[C@H](N)C[C@H]5C=Cc6c(ccc7cc8c(cc67)=CCN=8)[C@@H]5O)O4)ccc3O)N=C2CC2(CCCC2)[C@H]2CCC[C@@H]12. The normalized spacial score (nSPS) is 26.3. The zero-order valence-corrected chi connectivity index (χ0v) is 41.2.